The quantitative estimate of drug-likeness (QED) is 0.432. The Morgan fingerprint density at radius 2 is 2.33 bits per heavy atom. The van der Waals surface area contributed by atoms with Crippen molar-refractivity contribution in [1.29, 1.82) is 0 Å². The lowest BCUT2D eigenvalue weighted by Crippen LogP contribution is -2.28. The van der Waals surface area contributed by atoms with E-state index < -0.39 is 13.0 Å². The van der Waals surface area contributed by atoms with Gasteiger partial charge in [-0.1, -0.05) is 0 Å². The molecule has 15 heavy (non-hydrogen) atoms. The molecule has 0 aliphatic carbocycles. The summed E-state index contributed by atoms with van der Waals surface area (Å²) in [6.45, 7) is -0.240. The Balaban J connectivity index is 2.23. The molecule has 0 aliphatic rings. The van der Waals surface area contributed by atoms with Crippen LogP contribution in [0.2, 0.25) is 0 Å². The first-order chi connectivity index (χ1) is 7.24. The van der Waals surface area contributed by atoms with Crippen molar-refractivity contribution in [3.8, 4) is 0 Å². The van der Waals surface area contributed by atoms with E-state index >= 15 is 0 Å². The lowest BCUT2D eigenvalue weighted by molar-refractivity contribution is 0.0144. The second-order valence-corrected chi connectivity index (χ2v) is 3.81. The number of hydrogen-bond acceptors (Lipinski definition) is 4. The van der Waals surface area contributed by atoms with Crippen molar-refractivity contribution in [2.45, 2.75) is 18.9 Å². The van der Waals surface area contributed by atoms with Gasteiger partial charge < -0.3 is 4.74 Å². The van der Waals surface area contributed by atoms with Crippen LogP contribution >= 0.6 is 11.3 Å². The lowest BCUT2D eigenvalue weighted by atomic mass is 10.1. The fraction of sp³-hybridized carbons (Fsp3) is 0.556. The summed E-state index contributed by atoms with van der Waals surface area (Å²) in [7, 11) is 0. The molecule has 0 bridgehead atoms. The molecule has 1 atom stereocenters. The predicted octanol–water partition coefficient (Wildman–Crippen LogP) is 1.92. The fourth-order valence-corrected chi connectivity index (χ4v) is 1.91. The summed E-state index contributed by atoms with van der Waals surface area (Å²) in [5, 5.41) is 3.91. The van der Waals surface area contributed by atoms with Gasteiger partial charge in [0, 0.05) is 12.6 Å². The van der Waals surface area contributed by atoms with Gasteiger partial charge in [0.1, 0.15) is 6.61 Å². The maximum atomic E-state index is 11.8. The zero-order chi connectivity index (χ0) is 11.1. The van der Waals surface area contributed by atoms with E-state index in [1.54, 1.807) is 11.3 Å². The average molecular weight is 236 g/mol. The van der Waals surface area contributed by atoms with Gasteiger partial charge in [0.2, 0.25) is 0 Å². The van der Waals surface area contributed by atoms with Gasteiger partial charge in [-0.25, -0.2) is 8.78 Å². The van der Waals surface area contributed by atoms with Crippen molar-refractivity contribution >= 4 is 11.3 Å². The Labute approximate surface area is 91.2 Å². The second kappa shape index (κ2) is 6.84. The van der Waals surface area contributed by atoms with Crippen molar-refractivity contribution < 1.29 is 13.5 Å². The highest BCUT2D eigenvalue weighted by atomic mass is 32.1. The fourth-order valence-electron chi connectivity index (χ4n) is 1.19. The summed E-state index contributed by atoms with van der Waals surface area (Å²) in [5.41, 5.74) is 3.69. The Morgan fingerprint density at radius 3 is 2.87 bits per heavy atom. The molecule has 86 valence electrons. The predicted molar refractivity (Wildman–Crippen MR) is 55.8 cm³/mol. The minimum atomic E-state index is -2.41. The maximum Gasteiger partial charge on any atom is 0.261 e. The molecule has 6 heteroatoms. The normalized spacial score (nSPS) is 13.3. The van der Waals surface area contributed by atoms with E-state index in [0.29, 0.717) is 6.42 Å². The molecule has 3 nitrogen and oxygen atoms in total. The molecule has 1 heterocycles. The minimum absolute atomic E-state index is 0.0334. The van der Waals surface area contributed by atoms with Crippen LogP contribution in [0.15, 0.2) is 16.8 Å². The van der Waals surface area contributed by atoms with Gasteiger partial charge in [-0.15, -0.1) is 0 Å². The zero-order valence-corrected chi connectivity index (χ0v) is 8.97. The summed E-state index contributed by atoms with van der Waals surface area (Å²) in [6, 6.07) is 1.91. The Hall–Kier alpha value is -0.560. The second-order valence-electron chi connectivity index (χ2n) is 3.03. The van der Waals surface area contributed by atoms with Crippen LogP contribution in [0.3, 0.4) is 0 Å². The molecule has 0 saturated carbocycles. The molecular weight excluding hydrogens is 222 g/mol. The first-order valence-electron chi connectivity index (χ1n) is 4.58. The van der Waals surface area contributed by atoms with E-state index in [1.165, 1.54) is 0 Å². The van der Waals surface area contributed by atoms with Crippen LogP contribution < -0.4 is 11.3 Å². The van der Waals surface area contributed by atoms with Crippen molar-refractivity contribution in [3.05, 3.63) is 22.4 Å². The zero-order valence-electron chi connectivity index (χ0n) is 8.16. The lowest BCUT2D eigenvalue weighted by Gasteiger charge is -2.14. The smallest absolute Gasteiger partial charge is 0.261 e. The number of halogens is 2. The van der Waals surface area contributed by atoms with Crippen LogP contribution in [-0.2, 0) is 4.74 Å². The summed E-state index contributed by atoms with van der Waals surface area (Å²) >= 11 is 1.57. The Bertz CT molecular complexity index is 257. The van der Waals surface area contributed by atoms with Crippen LogP contribution in [0.4, 0.5) is 8.78 Å². The average Bonchev–Trinajstić information content (AvgIpc) is 2.70. The largest absolute Gasteiger partial charge is 0.375 e. The third kappa shape index (κ3) is 4.65. The number of hydrogen-bond donors (Lipinski definition) is 2. The maximum absolute atomic E-state index is 11.8. The number of alkyl halides is 2. The number of nitrogens with two attached hydrogens (primary N) is 1. The van der Waals surface area contributed by atoms with Gasteiger partial charge in [0.15, 0.2) is 0 Å². The molecule has 0 spiro atoms. The van der Waals surface area contributed by atoms with Gasteiger partial charge in [-0.2, -0.15) is 11.3 Å². The SMILES string of the molecule is NNC(CCOCC(F)F)c1ccsc1. The Morgan fingerprint density at radius 1 is 1.53 bits per heavy atom. The molecule has 0 aliphatic heterocycles. The van der Waals surface area contributed by atoms with Gasteiger partial charge in [0.05, 0.1) is 0 Å². The summed E-state index contributed by atoms with van der Waals surface area (Å²) < 4.78 is 28.3. The number of nitrogens with one attached hydrogen (secondary N) is 1. The molecule has 0 saturated heterocycles. The van der Waals surface area contributed by atoms with Crippen LogP contribution in [0.5, 0.6) is 0 Å². The minimum Gasteiger partial charge on any atom is -0.375 e. The molecule has 0 aromatic carbocycles. The van der Waals surface area contributed by atoms with Gasteiger partial charge >= 0.3 is 0 Å². The van der Waals surface area contributed by atoms with E-state index in [2.05, 4.69) is 5.43 Å². The van der Waals surface area contributed by atoms with Crippen LogP contribution in [0, 0.1) is 0 Å². The highest BCUT2D eigenvalue weighted by molar-refractivity contribution is 7.07. The third-order valence-electron chi connectivity index (χ3n) is 1.94. The van der Waals surface area contributed by atoms with E-state index in [-0.39, 0.29) is 12.6 Å². The van der Waals surface area contributed by atoms with E-state index in [0.717, 1.165) is 5.56 Å². The molecule has 0 amide bonds. The molecular formula is C9H14F2N2OS. The van der Waals surface area contributed by atoms with Crippen LogP contribution in [0.1, 0.15) is 18.0 Å². The summed E-state index contributed by atoms with van der Waals surface area (Å²) in [6.07, 6.45) is -1.82. The number of thiophene rings is 1. The van der Waals surface area contributed by atoms with Crippen molar-refractivity contribution in [1.82, 2.24) is 5.43 Å². The first kappa shape index (κ1) is 12.5. The molecule has 0 fully saturated rings. The van der Waals surface area contributed by atoms with Gasteiger partial charge in [-0.3, -0.25) is 11.3 Å². The molecule has 0 radical (unpaired) electrons. The number of hydrazine groups is 1. The molecule has 1 aromatic rings. The number of ether oxygens (including phenoxy) is 1. The van der Waals surface area contributed by atoms with E-state index in [1.807, 2.05) is 16.8 Å². The van der Waals surface area contributed by atoms with Crippen molar-refractivity contribution in [2.24, 2.45) is 5.84 Å². The van der Waals surface area contributed by atoms with Gasteiger partial charge in [0.25, 0.3) is 6.43 Å². The third-order valence-corrected chi connectivity index (χ3v) is 2.64. The monoisotopic (exact) mass is 236 g/mol. The van der Waals surface area contributed by atoms with E-state index in [9.17, 15) is 8.78 Å². The summed E-state index contributed by atoms with van der Waals surface area (Å²) in [5.74, 6) is 5.36. The molecule has 1 rings (SSSR count). The molecule has 1 unspecified atom stereocenters. The molecule has 3 N–H and O–H groups in total. The highest BCUT2D eigenvalue weighted by Crippen LogP contribution is 2.18. The number of rotatable bonds is 7. The van der Waals surface area contributed by atoms with Crippen molar-refractivity contribution in [3.63, 3.8) is 0 Å². The van der Waals surface area contributed by atoms with Crippen molar-refractivity contribution in [2.75, 3.05) is 13.2 Å². The van der Waals surface area contributed by atoms with E-state index in [4.69, 9.17) is 10.6 Å². The Kier molecular flexibility index (Phi) is 5.70. The highest BCUT2D eigenvalue weighted by Gasteiger charge is 2.10. The summed E-state index contributed by atoms with van der Waals surface area (Å²) in [4.78, 5) is 0. The standard InChI is InChI=1S/C9H14F2N2OS/c10-9(11)5-14-3-1-8(13-12)7-2-4-15-6-7/h2,4,6,8-9,13H,1,3,5,12H2. The first-order valence-corrected chi connectivity index (χ1v) is 5.52. The molecule has 1 aromatic heterocycles. The van der Waals surface area contributed by atoms with Crippen LogP contribution in [-0.4, -0.2) is 19.6 Å². The topological polar surface area (TPSA) is 47.3 Å². The van der Waals surface area contributed by atoms with Gasteiger partial charge in [-0.05, 0) is 28.8 Å². The van der Waals surface area contributed by atoms with Crippen LogP contribution in [0.25, 0.3) is 0 Å².